The summed E-state index contributed by atoms with van der Waals surface area (Å²) in [6, 6.07) is -0.116. The van der Waals surface area contributed by atoms with Crippen LogP contribution in [0.25, 0.3) is 0 Å². The van der Waals surface area contributed by atoms with Crippen molar-refractivity contribution in [3.63, 3.8) is 0 Å². The first kappa shape index (κ1) is 15.7. The molecule has 0 aromatic carbocycles. The van der Waals surface area contributed by atoms with E-state index in [-0.39, 0.29) is 23.6 Å². The normalized spacial score (nSPS) is 29.8. The second kappa shape index (κ2) is 6.54. The summed E-state index contributed by atoms with van der Waals surface area (Å²) in [5, 5.41) is 19.2. The summed E-state index contributed by atoms with van der Waals surface area (Å²) in [4.78, 5) is 16.6. The minimum atomic E-state index is -0.320. The second-order valence-corrected chi connectivity index (χ2v) is 7.85. The maximum absolute atomic E-state index is 12.2. The van der Waals surface area contributed by atoms with Crippen LogP contribution < -0.4 is 10.6 Å². The zero-order chi connectivity index (χ0) is 15.6. The van der Waals surface area contributed by atoms with Gasteiger partial charge in [0.2, 0.25) is 0 Å². The Kier molecular flexibility index (Phi) is 4.68. The topological polar surface area (TPSA) is 74.2 Å². The van der Waals surface area contributed by atoms with Crippen molar-refractivity contribution in [2.24, 2.45) is 11.3 Å². The fraction of sp³-hybridized carbons (Fsp3) is 0.750. The zero-order valence-corrected chi connectivity index (χ0v) is 13.9. The molecule has 0 spiro atoms. The molecule has 2 fully saturated rings. The number of nitrogens with zero attached hydrogens (tertiary/aromatic N) is 1. The number of carbonyl (C=O) groups is 1. The maximum atomic E-state index is 12.2. The Labute approximate surface area is 135 Å². The summed E-state index contributed by atoms with van der Waals surface area (Å²) in [7, 11) is 0. The molecule has 3 rings (SSSR count). The van der Waals surface area contributed by atoms with Crippen LogP contribution in [0.15, 0.2) is 11.6 Å². The van der Waals surface area contributed by atoms with E-state index in [2.05, 4.69) is 22.5 Å². The molecule has 2 aliphatic rings. The third kappa shape index (κ3) is 3.60. The molecule has 5 nitrogen and oxygen atoms in total. The van der Waals surface area contributed by atoms with Gasteiger partial charge in [-0.05, 0) is 31.6 Å². The van der Waals surface area contributed by atoms with Crippen LogP contribution in [-0.4, -0.2) is 28.8 Å². The van der Waals surface area contributed by atoms with Crippen LogP contribution in [-0.2, 0) is 0 Å². The molecule has 0 saturated heterocycles. The Hall–Kier alpha value is -1.14. The predicted molar refractivity (Wildman–Crippen MR) is 86.7 cm³/mol. The third-order valence-electron chi connectivity index (χ3n) is 5.03. The highest BCUT2D eigenvalue weighted by Crippen LogP contribution is 2.41. The first-order chi connectivity index (χ1) is 10.6. The molecule has 2 aliphatic carbocycles. The Morgan fingerprint density at radius 2 is 2.32 bits per heavy atom. The summed E-state index contributed by atoms with van der Waals surface area (Å²) in [6.45, 7) is 2.59. The van der Waals surface area contributed by atoms with Crippen LogP contribution in [0.4, 0.5) is 4.79 Å². The van der Waals surface area contributed by atoms with Gasteiger partial charge in [0.25, 0.3) is 0 Å². The Morgan fingerprint density at radius 3 is 2.95 bits per heavy atom. The van der Waals surface area contributed by atoms with Gasteiger partial charge in [-0.15, -0.1) is 11.3 Å². The number of thiazole rings is 1. The molecule has 0 aliphatic heterocycles. The van der Waals surface area contributed by atoms with E-state index in [1.54, 1.807) is 17.5 Å². The number of rotatable bonds is 5. The number of amides is 2. The molecule has 2 amide bonds. The van der Waals surface area contributed by atoms with Crippen molar-refractivity contribution in [1.29, 1.82) is 0 Å². The van der Waals surface area contributed by atoms with Crippen molar-refractivity contribution < 1.29 is 9.90 Å². The summed E-state index contributed by atoms with van der Waals surface area (Å²) >= 11 is 1.59. The van der Waals surface area contributed by atoms with E-state index in [4.69, 9.17) is 0 Å². The molecule has 3 unspecified atom stereocenters. The molecule has 1 aromatic rings. The zero-order valence-electron chi connectivity index (χ0n) is 13.0. The fourth-order valence-corrected chi connectivity index (χ4v) is 4.04. The van der Waals surface area contributed by atoms with Crippen LogP contribution >= 0.6 is 11.3 Å². The van der Waals surface area contributed by atoms with Crippen molar-refractivity contribution in [3.05, 3.63) is 16.6 Å². The number of aromatic nitrogens is 1. The monoisotopic (exact) mass is 323 g/mol. The molecule has 122 valence electrons. The molecule has 0 bridgehead atoms. The van der Waals surface area contributed by atoms with Gasteiger partial charge in [-0.25, -0.2) is 9.78 Å². The SMILES string of the molecule is CC1(CNC(=O)NC(c2nccs2)C2CC2)CCCCC1O. The van der Waals surface area contributed by atoms with Crippen molar-refractivity contribution in [3.8, 4) is 0 Å². The van der Waals surface area contributed by atoms with Crippen molar-refractivity contribution >= 4 is 17.4 Å². The van der Waals surface area contributed by atoms with E-state index in [1.807, 2.05) is 5.38 Å². The Balaban J connectivity index is 1.53. The number of aliphatic hydroxyl groups excluding tert-OH is 1. The standard InChI is InChI=1S/C16H25N3O2S/c1-16(7-3-2-4-12(16)20)10-18-15(21)19-13(11-5-6-11)14-17-8-9-22-14/h8-9,11-13,20H,2-7,10H2,1H3,(H2,18,19,21). The van der Waals surface area contributed by atoms with Gasteiger partial charge in [0, 0.05) is 23.5 Å². The summed E-state index contributed by atoms with van der Waals surface area (Å²) in [5.74, 6) is 0.521. The smallest absolute Gasteiger partial charge is 0.315 e. The molecule has 0 radical (unpaired) electrons. The molecular formula is C16H25N3O2S. The van der Waals surface area contributed by atoms with Gasteiger partial charge in [0.15, 0.2) is 0 Å². The molecule has 2 saturated carbocycles. The van der Waals surface area contributed by atoms with Crippen molar-refractivity contribution in [1.82, 2.24) is 15.6 Å². The third-order valence-corrected chi connectivity index (χ3v) is 5.89. The van der Waals surface area contributed by atoms with Gasteiger partial charge >= 0.3 is 6.03 Å². The number of aliphatic hydroxyl groups is 1. The second-order valence-electron chi connectivity index (χ2n) is 6.93. The van der Waals surface area contributed by atoms with Crippen LogP contribution in [0.3, 0.4) is 0 Å². The van der Waals surface area contributed by atoms with Gasteiger partial charge in [-0.3, -0.25) is 0 Å². The average molecular weight is 323 g/mol. The Bertz CT molecular complexity index is 503. The lowest BCUT2D eigenvalue weighted by Crippen LogP contribution is -2.48. The van der Waals surface area contributed by atoms with Gasteiger partial charge in [0.05, 0.1) is 12.1 Å². The molecule has 1 aromatic heterocycles. The largest absolute Gasteiger partial charge is 0.392 e. The van der Waals surface area contributed by atoms with E-state index in [0.717, 1.165) is 43.5 Å². The van der Waals surface area contributed by atoms with Crippen LogP contribution in [0, 0.1) is 11.3 Å². The Morgan fingerprint density at radius 1 is 1.50 bits per heavy atom. The minimum absolute atomic E-state index is 0.0316. The lowest BCUT2D eigenvalue weighted by Gasteiger charge is -2.38. The minimum Gasteiger partial charge on any atom is -0.392 e. The van der Waals surface area contributed by atoms with Gasteiger partial charge in [-0.1, -0.05) is 19.8 Å². The van der Waals surface area contributed by atoms with Gasteiger partial charge < -0.3 is 15.7 Å². The van der Waals surface area contributed by atoms with Crippen molar-refractivity contribution in [2.45, 2.75) is 57.6 Å². The van der Waals surface area contributed by atoms with E-state index in [1.165, 1.54) is 0 Å². The van der Waals surface area contributed by atoms with Crippen LogP contribution in [0.5, 0.6) is 0 Å². The summed E-state index contributed by atoms with van der Waals surface area (Å²) in [6.07, 6.45) is 7.78. The molecule has 3 N–H and O–H groups in total. The highest BCUT2D eigenvalue weighted by atomic mass is 32.1. The van der Waals surface area contributed by atoms with Crippen LogP contribution in [0.2, 0.25) is 0 Å². The lowest BCUT2D eigenvalue weighted by atomic mass is 9.73. The first-order valence-corrected chi connectivity index (χ1v) is 9.08. The maximum Gasteiger partial charge on any atom is 0.315 e. The summed E-state index contributed by atoms with van der Waals surface area (Å²) < 4.78 is 0. The fourth-order valence-electron chi connectivity index (χ4n) is 3.26. The van der Waals surface area contributed by atoms with E-state index < -0.39 is 0 Å². The number of urea groups is 1. The summed E-state index contributed by atoms with van der Waals surface area (Å²) in [5.41, 5.74) is -0.203. The van der Waals surface area contributed by atoms with Crippen LogP contribution in [0.1, 0.15) is 56.5 Å². The van der Waals surface area contributed by atoms with E-state index in [9.17, 15) is 9.90 Å². The number of carbonyl (C=O) groups excluding carboxylic acids is 1. The van der Waals surface area contributed by atoms with Gasteiger partial charge in [-0.2, -0.15) is 0 Å². The number of nitrogens with one attached hydrogen (secondary N) is 2. The molecule has 1 heterocycles. The molecule has 22 heavy (non-hydrogen) atoms. The molecule has 3 atom stereocenters. The predicted octanol–water partition coefficient (Wildman–Crippen LogP) is 2.83. The van der Waals surface area contributed by atoms with Gasteiger partial charge in [0.1, 0.15) is 5.01 Å². The highest BCUT2D eigenvalue weighted by Gasteiger charge is 2.37. The first-order valence-electron chi connectivity index (χ1n) is 8.20. The average Bonchev–Trinajstić information content (AvgIpc) is 3.20. The molecular weight excluding hydrogens is 298 g/mol. The van der Waals surface area contributed by atoms with E-state index in [0.29, 0.717) is 12.5 Å². The van der Waals surface area contributed by atoms with Crippen molar-refractivity contribution in [2.75, 3.05) is 6.54 Å². The molecule has 6 heteroatoms. The highest BCUT2D eigenvalue weighted by molar-refractivity contribution is 7.09. The number of hydrogen-bond donors (Lipinski definition) is 3. The quantitative estimate of drug-likeness (QED) is 0.780. The van der Waals surface area contributed by atoms with E-state index >= 15 is 0 Å². The lowest BCUT2D eigenvalue weighted by molar-refractivity contribution is 0.00303. The number of hydrogen-bond acceptors (Lipinski definition) is 4.